The standard InChI is InChI=1S/C18H27N3O4/c22-14-10-21-16-2-1-15(25-17(16)12-24-11-14)9-18(23)20-8-5-13-3-6-19-7-4-13/h3-4,6-7,14-17,21-22H,1-2,5,8-12H2,(H,20,23)/t14-,15-,16+,17-/m0/s1. The van der Waals surface area contributed by atoms with Crippen LogP contribution in [0.1, 0.15) is 24.8 Å². The van der Waals surface area contributed by atoms with Crippen LogP contribution in [0, 0.1) is 0 Å². The van der Waals surface area contributed by atoms with Crippen molar-refractivity contribution in [1.29, 1.82) is 0 Å². The molecule has 138 valence electrons. The van der Waals surface area contributed by atoms with Crippen molar-refractivity contribution in [3.63, 3.8) is 0 Å². The Morgan fingerprint density at radius 3 is 3.00 bits per heavy atom. The highest BCUT2D eigenvalue weighted by Crippen LogP contribution is 2.23. The lowest BCUT2D eigenvalue weighted by molar-refractivity contribution is -0.137. The summed E-state index contributed by atoms with van der Waals surface area (Å²) in [4.78, 5) is 16.1. The number of aliphatic hydroxyl groups excluding tert-OH is 1. The smallest absolute Gasteiger partial charge is 0.222 e. The number of ether oxygens (including phenoxy) is 2. The van der Waals surface area contributed by atoms with Gasteiger partial charge in [-0.25, -0.2) is 0 Å². The predicted octanol–water partition coefficient (Wildman–Crippen LogP) is 0.0273. The van der Waals surface area contributed by atoms with Crippen LogP contribution in [-0.4, -0.2) is 66.7 Å². The highest BCUT2D eigenvalue weighted by Gasteiger charge is 2.33. The van der Waals surface area contributed by atoms with Gasteiger partial charge in [0.25, 0.3) is 0 Å². The Hall–Kier alpha value is -1.54. The van der Waals surface area contributed by atoms with Crippen LogP contribution in [0.5, 0.6) is 0 Å². The predicted molar refractivity (Wildman–Crippen MR) is 92.1 cm³/mol. The molecule has 0 aromatic carbocycles. The van der Waals surface area contributed by atoms with Gasteiger partial charge in [-0.15, -0.1) is 0 Å². The van der Waals surface area contributed by atoms with Crippen LogP contribution >= 0.6 is 0 Å². The molecule has 3 rings (SSSR count). The Morgan fingerprint density at radius 1 is 1.32 bits per heavy atom. The first-order valence-corrected chi connectivity index (χ1v) is 9.01. The second-order valence-corrected chi connectivity index (χ2v) is 6.74. The van der Waals surface area contributed by atoms with Gasteiger partial charge in [0.05, 0.1) is 37.9 Å². The van der Waals surface area contributed by atoms with Gasteiger partial charge in [0.2, 0.25) is 5.91 Å². The number of nitrogens with zero attached hydrogens (tertiary/aromatic N) is 1. The second-order valence-electron chi connectivity index (χ2n) is 6.74. The molecule has 0 bridgehead atoms. The van der Waals surface area contributed by atoms with Crippen molar-refractivity contribution < 1.29 is 19.4 Å². The van der Waals surface area contributed by atoms with E-state index in [0.717, 1.165) is 24.8 Å². The molecule has 0 unspecified atom stereocenters. The molecule has 0 saturated carbocycles. The number of carbonyl (C=O) groups is 1. The topological polar surface area (TPSA) is 92.7 Å². The molecular formula is C18H27N3O4. The van der Waals surface area contributed by atoms with Crippen LogP contribution in [0.2, 0.25) is 0 Å². The normalized spacial score (nSPS) is 30.0. The lowest BCUT2D eigenvalue weighted by Gasteiger charge is -2.38. The summed E-state index contributed by atoms with van der Waals surface area (Å²) in [5.41, 5.74) is 1.16. The number of pyridine rings is 1. The zero-order chi connectivity index (χ0) is 17.5. The van der Waals surface area contributed by atoms with E-state index < -0.39 is 6.10 Å². The van der Waals surface area contributed by atoms with E-state index in [2.05, 4.69) is 15.6 Å². The fraction of sp³-hybridized carbons (Fsp3) is 0.667. The van der Waals surface area contributed by atoms with Crippen LogP contribution in [0.3, 0.4) is 0 Å². The summed E-state index contributed by atoms with van der Waals surface area (Å²) in [7, 11) is 0. The average Bonchev–Trinajstić information content (AvgIpc) is 2.60. The van der Waals surface area contributed by atoms with Gasteiger partial charge in [-0.3, -0.25) is 9.78 Å². The Bertz CT molecular complexity index is 542. The van der Waals surface area contributed by atoms with Gasteiger partial charge in [-0.2, -0.15) is 0 Å². The van der Waals surface area contributed by atoms with Crippen molar-refractivity contribution in [3.05, 3.63) is 30.1 Å². The quantitative estimate of drug-likeness (QED) is 0.694. The Morgan fingerprint density at radius 2 is 2.16 bits per heavy atom. The van der Waals surface area contributed by atoms with Crippen molar-refractivity contribution in [2.45, 2.75) is 50.0 Å². The maximum Gasteiger partial charge on any atom is 0.222 e. The van der Waals surface area contributed by atoms with Gasteiger partial charge in [0.1, 0.15) is 0 Å². The van der Waals surface area contributed by atoms with E-state index in [1.165, 1.54) is 0 Å². The highest BCUT2D eigenvalue weighted by atomic mass is 16.5. The first-order chi connectivity index (χ1) is 12.2. The molecule has 2 aliphatic heterocycles. The highest BCUT2D eigenvalue weighted by molar-refractivity contribution is 5.76. The molecule has 2 saturated heterocycles. The largest absolute Gasteiger partial charge is 0.389 e. The summed E-state index contributed by atoms with van der Waals surface area (Å²) in [6.07, 6.45) is 5.85. The van der Waals surface area contributed by atoms with Gasteiger partial charge in [-0.1, -0.05) is 0 Å². The first-order valence-electron chi connectivity index (χ1n) is 9.01. The lowest BCUT2D eigenvalue weighted by atomic mass is 9.96. The number of β-amino-alcohol motifs (C(OH)–C–C–N with tert-alkyl or cyclic N) is 1. The summed E-state index contributed by atoms with van der Waals surface area (Å²) in [5, 5.41) is 16.0. The van der Waals surface area contributed by atoms with Crippen molar-refractivity contribution >= 4 is 5.91 Å². The maximum atomic E-state index is 12.1. The number of rotatable bonds is 5. The van der Waals surface area contributed by atoms with E-state index >= 15 is 0 Å². The monoisotopic (exact) mass is 349 g/mol. The van der Waals surface area contributed by atoms with Crippen LogP contribution in [0.4, 0.5) is 0 Å². The molecule has 2 aliphatic rings. The molecule has 1 amide bonds. The van der Waals surface area contributed by atoms with Gasteiger partial charge >= 0.3 is 0 Å². The van der Waals surface area contributed by atoms with E-state index in [-0.39, 0.29) is 24.2 Å². The Labute approximate surface area is 148 Å². The number of hydrogen-bond donors (Lipinski definition) is 3. The van der Waals surface area contributed by atoms with E-state index in [4.69, 9.17) is 9.47 Å². The first kappa shape index (κ1) is 18.3. The second kappa shape index (κ2) is 9.24. The third-order valence-corrected chi connectivity index (χ3v) is 4.72. The Balaban J connectivity index is 1.39. The van der Waals surface area contributed by atoms with Gasteiger partial charge in [0.15, 0.2) is 0 Å². The van der Waals surface area contributed by atoms with Crippen molar-refractivity contribution in [3.8, 4) is 0 Å². The summed E-state index contributed by atoms with van der Waals surface area (Å²) in [6.45, 7) is 1.91. The van der Waals surface area contributed by atoms with Crippen molar-refractivity contribution in [2.75, 3.05) is 26.3 Å². The molecule has 2 fully saturated rings. The fourth-order valence-electron chi connectivity index (χ4n) is 3.34. The lowest BCUT2D eigenvalue weighted by Crippen LogP contribution is -2.53. The minimum Gasteiger partial charge on any atom is -0.389 e. The third kappa shape index (κ3) is 5.74. The number of aliphatic hydroxyl groups is 1. The zero-order valence-electron chi connectivity index (χ0n) is 14.4. The number of nitrogens with one attached hydrogen (secondary N) is 2. The van der Waals surface area contributed by atoms with E-state index in [1.807, 2.05) is 12.1 Å². The molecule has 7 nitrogen and oxygen atoms in total. The van der Waals surface area contributed by atoms with Crippen LogP contribution in [-0.2, 0) is 20.7 Å². The maximum absolute atomic E-state index is 12.1. The van der Waals surface area contributed by atoms with Gasteiger partial charge in [-0.05, 0) is 37.0 Å². The molecular weight excluding hydrogens is 322 g/mol. The number of fused-ring (bicyclic) bond motifs is 1. The molecule has 0 radical (unpaired) electrons. The number of aromatic nitrogens is 1. The molecule has 1 aromatic heterocycles. The number of amides is 1. The van der Waals surface area contributed by atoms with Crippen LogP contribution < -0.4 is 10.6 Å². The fourth-order valence-corrected chi connectivity index (χ4v) is 3.34. The molecule has 1 aromatic rings. The molecule has 25 heavy (non-hydrogen) atoms. The average molecular weight is 349 g/mol. The van der Waals surface area contributed by atoms with Crippen LogP contribution in [0.25, 0.3) is 0 Å². The van der Waals surface area contributed by atoms with E-state index in [9.17, 15) is 9.90 Å². The van der Waals surface area contributed by atoms with Crippen molar-refractivity contribution in [2.24, 2.45) is 0 Å². The Kier molecular flexibility index (Phi) is 6.75. The zero-order valence-corrected chi connectivity index (χ0v) is 14.4. The molecule has 7 heteroatoms. The molecule has 4 atom stereocenters. The number of carbonyl (C=O) groups excluding carboxylic acids is 1. The van der Waals surface area contributed by atoms with Crippen molar-refractivity contribution in [1.82, 2.24) is 15.6 Å². The molecule has 3 heterocycles. The van der Waals surface area contributed by atoms with E-state index in [0.29, 0.717) is 32.7 Å². The van der Waals surface area contributed by atoms with Gasteiger partial charge in [0, 0.05) is 31.5 Å². The van der Waals surface area contributed by atoms with E-state index in [1.54, 1.807) is 12.4 Å². The summed E-state index contributed by atoms with van der Waals surface area (Å²) in [6, 6.07) is 4.09. The summed E-state index contributed by atoms with van der Waals surface area (Å²) >= 11 is 0. The molecule has 0 spiro atoms. The molecule has 0 aliphatic carbocycles. The molecule has 3 N–H and O–H groups in total. The van der Waals surface area contributed by atoms with Crippen LogP contribution in [0.15, 0.2) is 24.5 Å². The van der Waals surface area contributed by atoms with Gasteiger partial charge < -0.3 is 25.2 Å². The summed E-state index contributed by atoms with van der Waals surface area (Å²) in [5.74, 6) is 0.0210. The minimum absolute atomic E-state index is 0.0210. The third-order valence-electron chi connectivity index (χ3n) is 4.72. The summed E-state index contributed by atoms with van der Waals surface area (Å²) < 4.78 is 11.6. The SMILES string of the molecule is O=C(C[C@@H]1CC[C@H]2NC[C@H](O)COC[C@@H]2O1)NCCc1ccncc1. The minimum atomic E-state index is -0.468. The number of hydrogen-bond acceptors (Lipinski definition) is 6.